The predicted octanol–water partition coefficient (Wildman–Crippen LogP) is 1.66. The molecule has 0 aliphatic heterocycles. The van der Waals surface area contributed by atoms with Crippen LogP contribution in [0.4, 0.5) is 13.2 Å². The molecule has 0 aromatic carbocycles. The Hall–Kier alpha value is -0.340. The molecule has 1 unspecified atom stereocenters. The second-order valence-corrected chi connectivity index (χ2v) is 6.10. The first-order chi connectivity index (χ1) is 8.20. The zero-order chi connectivity index (χ0) is 14.2. The van der Waals surface area contributed by atoms with Gasteiger partial charge in [0.05, 0.1) is 5.75 Å². The summed E-state index contributed by atoms with van der Waals surface area (Å²) in [6.07, 6.45) is -4.68. The van der Waals surface area contributed by atoms with Gasteiger partial charge in [-0.2, -0.15) is 13.2 Å². The summed E-state index contributed by atoms with van der Waals surface area (Å²) in [6.45, 7) is 1.98. The van der Waals surface area contributed by atoms with Gasteiger partial charge in [0.1, 0.15) is 0 Å². The molecule has 0 radical (unpaired) electrons. The Labute approximate surface area is 106 Å². The van der Waals surface area contributed by atoms with E-state index >= 15 is 0 Å². The molecule has 0 rings (SSSR count). The lowest BCUT2D eigenvalue weighted by Gasteiger charge is -2.14. The van der Waals surface area contributed by atoms with Gasteiger partial charge in [-0.3, -0.25) is 0 Å². The molecule has 0 spiro atoms. The largest absolute Gasteiger partial charge is 0.396 e. The third-order valence-electron chi connectivity index (χ3n) is 2.58. The molecule has 0 amide bonds. The van der Waals surface area contributed by atoms with Gasteiger partial charge in [-0.25, -0.2) is 13.1 Å². The summed E-state index contributed by atoms with van der Waals surface area (Å²) in [6, 6.07) is 0. The van der Waals surface area contributed by atoms with Crippen LogP contribution in [0.1, 0.15) is 32.6 Å². The van der Waals surface area contributed by atoms with E-state index in [0.29, 0.717) is 12.8 Å². The lowest BCUT2D eigenvalue weighted by Crippen LogP contribution is -2.32. The van der Waals surface area contributed by atoms with E-state index in [1.165, 1.54) is 0 Å². The molecule has 2 N–H and O–H groups in total. The van der Waals surface area contributed by atoms with E-state index < -0.39 is 34.8 Å². The third-order valence-corrected chi connectivity index (χ3v) is 4.01. The van der Waals surface area contributed by atoms with Gasteiger partial charge < -0.3 is 5.11 Å². The fourth-order valence-electron chi connectivity index (χ4n) is 1.41. The summed E-state index contributed by atoms with van der Waals surface area (Å²) < 4.78 is 60.6. The minimum Gasteiger partial charge on any atom is -0.396 e. The molecule has 0 bridgehead atoms. The molecular formula is C10H20F3NO3S. The zero-order valence-corrected chi connectivity index (χ0v) is 11.1. The predicted molar refractivity (Wildman–Crippen MR) is 62.6 cm³/mol. The Morgan fingerprint density at radius 1 is 1.33 bits per heavy atom. The molecule has 0 heterocycles. The van der Waals surface area contributed by atoms with E-state index in [2.05, 4.69) is 4.72 Å². The summed E-state index contributed by atoms with van der Waals surface area (Å²) in [4.78, 5) is 0. The number of aliphatic hydroxyl groups is 1. The van der Waals surface area contributed by atoms with Crippen molar-refractivity contribution >= 4 is 10.0 Å². The Kier molecular flexibility index (Phi) is 7.81. The van der Waals surface area contributed by atoms with E-state index in [-0.39, 0.29) is 19.1 Å². The highest BCUT2D eigenvalue weighted by Gasteiger charge is 2.27. The molecule has 4 nitrogen and oxygen atoms in total. The van der Waals surface area contributed by atoms with Crippen LogP contribution in [-0.4, -0.2) is 38.6 Å². The molecule has 110 valence electrons. The molecule has 8 heteroatoms. The SMILES string of the molecule is CCC(CCO)CNS(=O)(=O)CCCC(F)(F)F. The highest BCUT2D eigenvalue weighted by molar-refractivity contribution is 7.89. The quantitative estimate of drug-likeness (QED) is 0.679. The Morgan fingerprint density at radius 2 is 1.94 bits per heavy atom. The first kappa shape index (κ1) is 17.7. The molecule has 0 saturated heterocycles. The van der Waals surface area contributed by atoms with Crippen molar-refractivity contribution in [1.29, 1.82) is 0 Å². The summed E-state index contributed by atoms with van der Waals surface area (Å²) in [5.41, 5.74) is 0. The van der Waals surface area contributed by atoms with Crippen LogP contribution < -0.4 is 4.72 Å². The Balaban J connectivity index is 4.00. The number of halogens is 3. The van der Waals surface area contributed by atoms with Crippen molar-refractivity contribution < 1.29 is 26.7 Å². The number of alkyl halides is 3. The zero-order valence-electron chi connectivity index (χ0n) is 10.3. The number of aliphatic hydroxyl groups excluding tert-OH is 1. The Bertz CT molecular complexity index is 317. The van der Waals surface area contributed by atoms with Crippen molar-refractivity contribution in [3.05, 3.63) is 0 Å². The van der Waals surface area contributed by atoms with Crippen LogP contribution in [0, 0.1) is 5.92 Å². The smallest absolute Gasteiger partial charge is 0.389 e. The van der Waals surface area contributed by atoms with Gasteiger partial charge in [-0.1, -0.05) is 13.3 Å². The molecule has 0 aliphatic rings. The van der Waals surface area contributed by atoms with Crippen LogP contribution in [0.25, 0.3) is 0 Å². The Morgan fingerprint density at radius 3 is 2.39 bits per heavy atom. The van der Waals surface area contributed by atoms with Crippen molar-refractivity contribution in [3.63, 3.8) is 0 Å². The molecule has 0 aromatic rings. The molecule has 18 heavy (non-hydrogen) atoms. The third kappa shape index (κ3) is 9.67. The van der Waals surface area contributed by atoms with E-state index in [1.54, 1.807) is 0 Å². The van der Waals surface area contributed by atoms with Crippen LogP contribution in [0.5, 0.6) is 0 Å². The second kappa shape index (κ2) is 7.96. The second-order valence-electron chi connectivity index (χ2n) is 4.17. The summed E-state index contributed by atoms with van der Waals surface area (Å²) in [5.74, 6) is -0.519. The fourth-order valence-corrected chi connectivity index (χ4v) is 2.57. The van der Waals surface area contributed by atoms with Crippen LogP contribution in [0.3, 0.4) is 0 Å². The topological polar surface area (TPSA) is 66.4 Å². The summed E-state index contributed by atoms with van der Waals surface area (Å²) in [5, 5.41) is 8.73. The normalized spacial score (nSPS) is 14.7. The lowest BCUT2D eigenvalue weighted by molar-refractivity contribution is -0.134. The highest BCUT2D eigenvalue weighted by Crippen LogP contribution is 2.21. The molecular weight excluding hydrogens is 271 g/mol. The number of rotatable bonds is 9. The summed E-state index contributed by atoms with van der Waals surface area (Å²) in [7, 11) is -3.66. The van der Waals surface area contributed by atoms with Crippen molar-refractivity contribution in [2.75, 3.05) is 18.9 Å². The van der Waals surface area contributed by atoms with Gasteiger partial charge in [0, 0.05) is 19.6 Å². The maximum absolute atomic E-state index is 11.9. The average molecular weight is 291 g/mol. The van der Waals surface area contributed by atoms with Gasteiger partial charge in [-0.15, -0.1) is 0 Å². The monoisotopic (exact) mass is 291 g/mol. The molecule has 0 aliphatic carbocycles. The maximum Gasteiger partial charge on any atom is 0.389 e. The van der Waals surface area contributed by atoms with Gasteiger partial charge in [0.2, 0.25) is 10.0 Å². The average Bonchev–Trinajstić information content (AvgIpc) is 2.22. The first-order valence-electron chi connectivity index (χ1n) is 5.85. The molecule has 0 aromatic heterocycles. The maximum atomic E-state index is 11.9. The van der Waals surface area contributed by atoms with Gasteiger partial charge in [-0.05, 0) is 18.8 Å². The van der Waals surface area contributed by atoms with Crippen LogP contribution in [-0.2, 0) is 10.0 Å². The van der Waals surface area contributed by atoms with Crippen LogP contribution in [0.15, 0.2) is 0 Å². The first-order valence-corrected chi connectivity index (χ1v) is 7.50. The standard InChI is InChI=1S/C10H20F3NO3S/c1-2-9(4-6-15)8-14-18(16,17)7-3-5-10(11,12)13/h9,14-15H,2-8H2,1H3. The van der Waals surface area contributed by atoms with Gasteiger partial charge in [0.15, 0.2) is 0 Å². The van der Waals surface area contributed by atoms with Gasteiger partial charge in [0.25, 0.3) is 0 Å². The molecule has 1 atom stereocenters. The number of nitrogens with one attached hydrogen (secondary N) is 1. The van der Waals surface area contributed by atoms with E-state index in [1.807, 2.05) is 6.92 Å². The van der Waals surface area contributed by atoms with Crippen LogP contribution in [0.2, 0.25) is 0 Å². The number of hydrogen-bond acceptors (Lipinski definition) is 3. The highest BCUT2D eigenvalue weighted by atomic mass is 32.2. The minimum atomic E-state index is -4.32. The van der Waals surface area contributed by atoms with Crippen molar-refractivity contribution in [3.8, 4) is 0 Å². The molecule has 0 saturated carbocycles. The van der Waals surface area contributed by atoms with Crippen molar-refractivity contribution in [1.82, 2.24) is 4.72 Å². The number of hydrogen-bond donors (Lipinski definition) is 2. The van der Waals surface area contributed by atoms with E-state index in [0.717, 1.165) is 0 Å². The summed E-state index contributed by atoms with van der Waals surface area (Å²) >= 11 is 0. The number of sulfonamides is 1. The lowest BCUT2D eigenvalue weighted by atomic mass is 10.0. The van der Waals surface area contributed by atoms with Crippen molar-refractivity contribution in [2.24, 2.45) is 5.92 Å². The van der Waals surface area contributed by atoms with Gasteiger partial charge >= 0.3 is 6.18 Å². The van der Waals surface area contributed by atoms with E-state index in [4.69, 9.17) is 5.11 Å². The minimum absolute atomic E-state index is 0.00684. The molecule has 0 fully saturated rings. The van der Waals surface area contributed by atoms with Crippen molar-refractivity contribution in [2.45, 2.75) is 38.8 Å². The van der Waals surface area contributed by atoms with Crippen LogP contribution >= 0.6 is 0 Å². The van der Waals surface area contributed by atoms with E-state index in [9.17, 15) is 21.6 Å². The fraction of sp³-hybridized carbons (Fsp3) is 1.00.